The Labute approximate surface area is 113 Å². The molecule has 1 N–H and O–H groups in total. The van der Waals surface area contributed by atoms with Gasteiger partial charge in [-0.2, -0.15) is 0 Å². The van der Waals surface area contributed by atoms with Crippen LogP contribution in [-0.4, -0.2) is 18.7 Å². The molecule has 1 aliphatic rings. The average molecular weight is 269 g/mol. The lowest BCUT2D eigenvalue weighted by molar-refractivity contribution is -0.0173. The molecule has 2 nitrogen and oxygen atoms in total. The van der Waals surface area contributed by atoms with Crippen molar-refractivity contribution in [3.63, 3.8) is 0 Å². The molecule has 0 bridgehead atoms. The van der Waals surface area contributed by atoms with Crippen LogP contribution in [0.1, 0.15) is 39.0 Å². The Hall–Kier alpha value is -1.16. The van der Waals surface area contributed by atoms with Gasteiger partial charge in [-0.3, -0.25) is 0 Å². The van der Waals surface area contributed by atoms with Crippen LogP contribution < -0.4 is 10.1 Å². The fourth-order valence-electron chi connectivity index (χ4n) is 2.38. The summed E-state index contributed by atoms with van der Waals surface area (Å²) in [6.07, 6.45) is 4.84. The van der Waals surface area contributed by atoms with Crippen molar-refractivity contribution in [1.82, 2.24) is 5.32 Å². The SMILES string of the molecule is CCCNCCC1(Oc2cc(F)ccc2F)CCC1. The van der Waals surface area contributed by atoms with E-state index in [4.69, 9.17) is 4.74 Å². The summed E-state index contributed by atoms with van der Waals surface area (Å²) in [5, 5.41) is 3.32. The van der Waals surface area contributed by atoms with Crippen LogP contribution in [0.5, 0.6) is 5.75 Å². The molecule has 1 aliphatic carbocycles. The molecule has 0 amide bonds. The molecule has 0 radical (unpaired) electrons. The summed E-state index contributed by atoms with van der Waals surface area (Å²) >= 11 is 0. The van der Waals surface area contributed by atoms with Gasteiger partial charge in [0.2, 0.25) is 0 Å². The monoisotopic (exact) mass is 269 g/mol. The highest BCUT2D eigenvalue weighted by Gasteiger charge is 2.39. The smallest absolute Gasteiger partial charge is 0.165 e. The Morgan fingerprint density at radius 2 is 2.05 bits per heavy atom. The molecule has 0 spiro atoms. The maximum Gasteiger partial charge on any atom is 0.165 e. The van der Waals surface area contributed by atoms with E-state index in [0.717, 1.165) is 63.4 Å². The molecule has 0 saturated heterocycles. The van der Waals surface area contributed by atoms with E-state index in [1.54, 1.807) is 0 Å². The molecule has 1 aromatic carbocycles. The van der Waals surface area contributed by atoms with Gasteiger partial charge >= 0.3 is 0 Å². The fourth-order valence-corrected chi connectivity index (χ4v) is 2.38. The lowest BCUT2D eigenvalue weighted by atomic mass is 9.77. The zero-order chi connectivity index (χ0) is 13.7. The van der Waals surface area contributed by atoms with Crippen LogP contribution in [0.15, 0.2) is 18.2 Å². The number of hydrogen-bond acceptors (Lipinski definition) is 2. The topological polar surface area (TPSA) is 21.3 Å². The van der Waals surface area contributed by atoms with Crippen molar-refractivity contribution >= 4 is 0 Å². The normalized spacial score (nSPS) is 17.0. The van der Waals surface area contributed by atoms with Crippen molar-refractivity contribution in [2.45, 2.75) is 44.6 Å². The summed E-state index contributed by atoms with van der Waals surface area (Å²) in [7, 11) is 0. The molecule has 106 valence electrons. The zero-order valence-electron chi connectivity index (χ0n) is 11.3. The van der Waals surface area contributed by atoms with Gasteiger partial charge in [0.25, 0.3) is 0 Å². The van der Waals surface area contributed by atoms with Crippen molar-refractivity contribution < 1.29 is 13.5 Å². The van der Waals surface area contributed by atoms with Gasteiger partial charge in [0.1, 0.15) is 11.4 Å². The molecular formula is C15H21F2NO. The van der Waals surface area contributed by atoms with E-state index in [2.05, 4.69) is 12.2 Å². The molecule has 1 fully saturated rings. The molecule has 19 heavy (non-hydrogen) atoms. The summed E-state index contributed by atoms with van der Waals surface area (Å²) in [5.74, 6) is -0.917. The number of rotatable bonds is 7. The minimum atomic E-state index is -0.491. The van der Waals surface area contributed by atoms with Crippen molar-refractivity contribution in [2.75, 3.05) is 13.1 Å². The third-order valence-electron chi connectivity index (χ3n) is 3.67. The van der Waals surface area contributed by atoms with Crippen molar-refractivity contribution in [1.29, 1.82) is 0 Å². The van der Waals surface area contributed by atoms with Gasteiger partial charge < -0.3 is 10.1 Å². The highest BCUT2D eigenvalue weighted by Crippen LogP contribution is 2.40. The molecule has 0 atom stereocenters. The standard InChI is InChI=1S/C15H21F2NO/c1-2-9-18-10-8-15(6-3-7-15)19-14-11-12(16)4-5-13(14)17/h4-5,11,18H,2-3,6-10H2,1H3. The van der Waals surface area contributed by atoms with Crippen LogP contribution in [-0.2, 0) is 0 Å². The van der Waals surface area contributed by atoms with Crippen LogP contribution >= 0.6 is 0 Å². The molecule has 0 unspecified atom stereocenters. The summed E-state index contributed by atoms with van der Waals surface area (Å²) in [5.41, 5.74) is -0.310. The van der Waals surface area contributed by atoms with E-state index < -0.39 is 11.6 Å². The lowest BCUT2D eigenvalue weighted by Gasteiger charge is -2.42. The third kappa shape index (κ3) is 3.66. The second kappa shape index (κ2) is 6.33. The van der Waals surface area contributed by atoms with Crippen LogP contribution in [0, 0.1) is 11.6 Å². The molecule has 0 aliphatic heterocycles. The van der Waals surface area contributed by atoms with Crippen LogP contribution in [0.4, 0.5) is 8.78 Å². The van der Waals surface area contributed by atoms with E-state index in [0.29, 0.717) is 0 Å². The zero-order valence-corrected chi connectivity index (χ0v) is 11.3. The molecule has 0 aromatic heterocycles. The predicted molar refractivity (Wildman–Crippen MR) is 71.3 cm³/mol. The first kappa shape index (κ1) is 14.3. The Balaban J connectivity index is 1.96. The van der Waals surface area contributed by atoms with Gasteiger partial charge in [0.05, 0.1) is 0 Å². The fraction of sp³-hybridized carbons (Fsp3) is 0.600. The van der Waals surface area contributed by atoms with E-state index in [-0.39, 0.29) is 11.4 Å². The quantitative estimate of drug-likeness (QED) is 0.763. The number of nitrogens with one attached hydrogen (secondary N) is 1. The Morgan fingerprint density at radius 3 is 2.68 bits per heavy atom. The maximum atomic E-state index is 13.6. The van der Waals surface area contributed by atoms with Crippen LogP contribution in [0.25, 0.3) is 0 Å². The van der Waals surface area contributed by atoms with Crippen LogP contribution in [0.2, 0.25) is 0 Å². The first-order chi connectivity index (χ1) is 9.15. The van der Waals surface area contributed by atoms with E-state index >= 15 is 0 Å². The largest absolute Gasteiger partial charge is 0.484 e. The number of benzene rings is 1. The Kier molecular flexibility index (Phi) is 4.75. The number of hydrogen-bond donors (Lipinski definition) is 1. The second-order valence-electron chi connectivity index (χ2n) is 5.21. The number of halogens is 2. The molecule has 1 aromatic rings. The summed E-state index contributed by atoms with van der Waals surface area (Å²) in [6.45, 7) is 3.94. The van der Waals surface area contributed by atoms with E-state index in [1.165, 1.54) is 0 Å². The van der Waals surface area contributed by atoms with Gasteiger partial charge in [-0.05, 0) is 57.3 Å². The van der Waals surface area contributed by atoms with Gasteiger partial charge in [-0.25, -0.2) is 8.78 Å². The minimum absolute atomic E-state index is 0.0372. The van der Waals surface area contributed by atoms with Crippen molar-refractivity contribution in [2.24, 2.45) is 0 Å². The van der Waals surface area contributed by atoms with Gasteiger partial charge in [-0.1, -0.05) is 6.92 Å². The first-order valence-corrected chi connectivity index (χ1v) is 7.00. The highest BCUT2D eigenvalue weighted by atomic mass is 19.1. The van der Waals surface area contributed by atoms with Crippen molar-refractivity contribution in [3.05, 3.63) is 29.8 Å². The van der Waals surface area contributed by atoms with Crippen molar-refractivity contribution in [3.8, 4) is 5.75 Å². The molecule has 2 rings (SSSR count). The highest BCUT2D eigenvalue weighted by molar-refractivity contribution is 5.26. The summed E-state index contributed by atoms with van der Waals surface area (Å²) < 4.78 is 32.5. The number of ether oxygens (including phenoxy) is 1. The lowest BCUT2D eigenvalue weighted by Crippen LogP contribution is -2.45. The molecule has 1 saturated carbocycles. The predicted octanol–water partition coefficient (Wildman–Crippen LogP) is 3.66. The summed E-state index contributed by atoms with van der Waals surface area (Å²) in [6, 6.07) is 3.36. The average Bonchev–Trinajstić information content (AvgIpc) is 2.35. The molecule has 4 heteroatoms. The third-order valence-corrected chi connectivity index (χ3v) is 3.67. The Bertz CT molecular complexity index is 419. The molecular weight excluding hydrogens is 248 g/mol. The first-order valence-electron chi connectivity index (χ1n) is 7.00. The Morgan fingerprint density at radius 1 is 1.26 bits per heavy atom. The van der Waals surface area contributed by atoms with Gasteiger partial charge in [-0.15, -0.1) is 0 Å². The summed E-state index contributed by atoms with van der Waals surface area (Å²) in [4.78, 5) is 0. The van der Waals surface area contributed by atoms with Gasteiger partial charge in [0, 0.05) is 6.07 Å². The minimum Gasteiger partial charge on any atom is -0.484 e. The maximum absolute atomic E-state index is 13.6. The van der Waals surface area contributed by atoms with E-state index in [9.17, 15) is 8.78 Å². The van der Waals surface area contributed by atoms with Gasteiger partial charge in [0.15, 0.2) is 11.6 Å². The van der Waals surface area contributed by atoms with E-state index in [1.807, 2.05) is 0 Å². The molecule has 0 heterocycles. The van der Waals surface area contributed by atoms with Crippen LogP contribution in [0.3, 0.4) is 0 Å². The second-order valence-corrected chi connectivity index (χ2v) is 5.21.